The Morgan fingerprint density at radius 2 is 2.05 bits per heavy atom. The third-order valence-corrected chi connectivity index (χ3v) is 4.45. The number of nitrogens with zero attached hydrogens (tertiary/aromatic N) is 2. The van der Waals surface area contributed by atoms with E-state index in [0.29, 0.717) is 16.7 Å². The average molecular weight is 262 g/mol. The summed E-state index contributed by atoms with van der Waals surface area (Å²) in [5.41, 5.74) is 1.33. The van der Waals surface area contributed by atoms with Crippen LogP contribution in [0, 0.1) is 12.3 Å². The van der Waals surface area contributed by atoms with E-state index >= 15 is 0 Å². The van der Waals surface area contributed by atoms with Crippen LogP contribution in [-0.4, -0.2) is 29.1 Å². The molecule has 1 fully saturated rings. The Balaban J connectivity index is 2.12. The Bertz CT molecular complexity index is 477. The number of piperidine rings is 1. The van der Waals surface area contributed by atoms with Gasteiger partial charge in [0.1, 0.15) is 5.82 Å². The minimum absolute atomic E-state index is 0.291. The molecule has 1 aliphatic rings. The van der Waals surface area contributed by atoms with Crippen molar-refractivity contribution in [3.8, 4) is 0 Å². The van der Waals surface area contributed by atoms with Crippen molar-refractivity contribution in [2.45, 2.75) is 40.0 Å². The second kappa shape index (κ2) is 5.19. The third kappa shape index (κ3) is 2.88. The van der Waals surface area contributed by atoms with Gasteiger partial charge in [0.15, 0.2) is 0 Å². The van der Waals surface area contributed by atoms with Gasteiger partial charge in [-0.2, -0.15) is 0 Å². The predicted molar refractivity (Wildman–Crippen MR) is 75.8 cm³/mol. The van der Waals surface area contributed by atoms with Crippen LogP contribution in [-0.2, 0) is 0 Å². The van der Waals surface area contributed by atoms with E-state index in [1.54, 1.807) is 13.0 Å². The van der Waals surface area contributed by atoms with E-state index in [1.165, 1.54) is 19.3 Å². The fourth-order valence-electron chi connectivity index (χ4n) is 2.58. The topological polar surface area (TPSA) is 53.4 Å². The largest absolute Gasteiger partial charge is 0.478 e. The summed E-state index contributed by atoms with van der Waals surface area (Å²) in [5, 5.41) is 9.01. The molecule has 1 aromatic rings. The van der Waals surface area contributed by atoms with Gasteiger partial charge in [-0.05, 0) is 37.3 Å². The van der Waals surface area contributed by atoms with Gasteiger partial charge in [-0.3, -0.25) is 0 Å². The SMILES string of the molecule is CCC1(C)CCN(c2ccc(C(=O)O)c(C)n2)CC1. The van der Waals surface area contributed by atoms with E-state index in [1.807, 2.05) is 6.07 Å². The van der Waals surface area contributed by atoms with E-state index in [2.05, 4.69) is 23.7 Å². The van der Waals surface area contributed by atoms with Crippen molar-refractivity contribution in [1.29, 1.82) is 0 Å². The summed E-state index contributed by atoms with van der Waals surface area (Å²) in [6, 6.07) is 3.48. The maximum absolute atomic E-state index is 11.0. The Morgan fingerprint density at radius 1 is 1.42 bits per heavy atom. The summed E-state index contributed by atoms with van der Waals surface area (Å²) in [6.45, 7) is 8.36. The lowest BCUT2D eigenvalue weighted by Gasteiger charge is -2.39. The zero-order valence-corrected chi connectivity index (χ0v) is 11.9. The summed E-state index contributed by atoms with van der Waals surface area (Å²) in [5.74, 6) is -0.00518. The van der Waals surface area contributed by atoms with Gasteiger partial charge in [0, 0.05) is 13.1 Å². The molecule has 19 heavy (non-hydrogen) atoms. The fourth-order valence-corrected chi connectivity index (χ4v) is 2.58. The van der Waals surface area contributed by atoms with Crippen molar-refractivity contribution in [2.75, 3.05) is 18.0 Å². The summed E-state index contributed by atoms with van der Waals surface area (Å²) in [6.07, 6.45) is 3.56. The first-order valence-corrected chi connectivity index (χ1v) is 6.91. The van der Waals surface area contributed by atoms with Crippen LogP contribution < -0.4 is 4.90 Å². The molecule has 0 unspecified atom stereocenters. The number of rotatable bonds is 3. The predicted octanol–water partition coefficient (Wildman–Crippen LogP) is 3.10. The van der Waals surface area contributed by atoms with Crippen molar-refractivity contribution in [3.05, 3.63) is 23.4 Å². The molecular formula is C15H22N2O2. The molecule has 0 bridgehead atoms. The lowest BCUT2D eigenvalue weighted by Crippen LogP contribution is -2.38. The van der Waals surface area contributed by atoms with Crippen LogP contribution in [0.4, 0.5) is 5.82 Å². The van der Waals surface area contributed by atoms with Gasteiger partial charge in [0.2, 0.25) is 0 Å². The monoisotopic (exact) mass is 262 g/mol. The molecule has 1 saturated heterocycles. The van der Waals surface area contributed by atoms with E-state index in [-0.39, 0.29) is 0 Å². The van der Waals surface area contributed by atoms with Gasteiger partial charge in [-0.25, -0.2) is 9.78 Å². The van der Waals surface area contributed by atoms with E-state index in [9.17, 15) is 4.79 Å². The van der Waals surface area contributed by atoms with Gasteiger partial charge in [-0.1, -0.05) is 20.3 Å². The van der Waals surface area contributed by atoms with Crippen LogP contribution in [0.3, 0.4) is 0 Å². The molecule has 0 amide bonds. The number of anilines is 1. The first kappa shape index (κ1) is 13.8. The van der Waals surface area contributed by atoms with Crippen molar-refractivity contribution in [2.24, 2.45) is 5.41 Å². The Labute approximate surface area is 114 Å². The molecule has 1 aromatic heterocycles. The maximum atomic E-state index is 11.0. The summed E-state index contributed by atoms with van der Waals surface area (Å²) in [7, 11) is 0. The number of aromatic carboxylic acids is 1. The first-order valence-electron chi connectivity index (χ1n) is 6.91. The lowest BCUT2D eigenvalue weighted by atomic mass is 9.78. The highest BCUT2D eigenvalue weighted by atomic mass is 16.4. The second-order valence-corrected chi connectivity index (χ2v) is 5.76. The number of hydrogen-bond acceptors (Lipinski definition) is 3. The second-order valence-electron chi connectivity index (χ2n) is 5.76. The van der Waals surface area contributed by atoms with Crippen molar-refractivity contribution < 1.29 is 9.90 Å². The lowest BCUT2D eigenvalue weighted by molar-refractivity contribution is 0.0695. The van der Waals surface area contributed by atoms with Crippen molar-refractivity contribution in [1.82, 2.24) is 4.98 Å². The van der Waals surface area contributed by atoms with Crippen LogP contribution in [0.25, 0.3) is 0 Å². The Kier molecular flexibility index (Phi) is 3.78. The average Bonchev–Trinajstić information content (AvgIpc) is 2.39. The molecule has 2 rings (SSSR count). The molecule has 0 aliphatic carbocycles. The van der Waals surface area contributed by atoms with Crippen molar-refractivity contribution >= 4 is 11.8 Å². The first-order chi connectivity index (χ1) is 8.95. The van der Waals surface area contributed by atoms with Crippen LogP contribution in [0.1, 0.15) is 49.2 Å². The molecule has 104 valence electrons. The number of hydrogen-bond donors (Lipinski definition) is 1. The zero-order valence-electron chi connectivity index (χ0n) is 11.9. The molecule has 4 heteroatoms. The van der Waals surface area contributed by atoms with E-state index in [0.717, 1.165) is 18.9 Å². The molecule has 2 heterocycles. The molecule has 0 radical (unpaired) electrons. The molecule has 1 N–H and O–H groups in total. The third-order valence-electron chi connectivity index (χ3n) is 4.45. The minimum atomic E-state index is -0.909. The number of carboxylic acids is 1. The summed E-state index contributed by atoms with van der Waals surface area (Å²) < 4.78 is 0. The molecular weight excluding hydrogens is 240 g/mol. The van der Waals surface area contributed by atoms with Crippen LogP contribution >= 0.6 is 0 Å². The van der Waals surface area contributed by atoms with Gasteiger partial charge in [-0.15, -0.1) is 0 Å². The van der Waals surface area contributed by atoms with E-state index < -0.39 is 5.97 Å². The van der Waals surface area contributed by atoms with Crippen LogP contribution in [0.5, 0.6) is 0 Å². The summed E-state index contributed by atoms with van der Waals surface area (Å²) in [4.78, 5) is 17.7. The van der Waals surface area contributed by atoms with E-state index in [4.69, 9.17) is 5.11 Å². The number of aromatic nitrogens is 1. The molecule has 0 saturated carbocycles. The number of carboxylic acid groups (broad SMARTS) is 1. The molecule has 1 aliphatic heterocycles. The highest BCUT2D eigenvalue weighted by Gasteiger charge is 2.28. The van der Waals surface area contributed by atoms with Gasteiger partial charge in [0.05, 0.1) is 11.3 Å². The number of pyridine rings is 1. The quantitative estimate of drug-likeness (QED) is 0.909. The fraction of sp³-hybridized carbons (Fsp3) is 0.600. The smallest absolute Gasteiger partial charge is 0.337 e. The van der Waals surface area contributed by atoms with Gasteiger partial charge < -0.3 is 10.0 Å². The minimum Gasteiger partial charge on any atom is -0.478 e. The zero-order chi connectivity index (χ0) is 14.0. The number of carbonyl (C=O) groups is 1. The number of aryl methyl sites for hydroxylation is 1. The van der Waals surface area contributed by atoms with Crippen molar-refractivity contribution in [3.63, 3.8) is 0 Å². The molecule has 0 aromatic carbocycles. The normalized spacial score (nSPS) is 18.4. The van der Waals surface area contributed by atoms with Crippen LogP contribution in [0.2, 0.25) is 0 Å². The molecule has 0 atom stereocenters. The summed E-state index contributed by atoms with van der Waals surface area (Å²) >= 11 is 0. The van der Waals surface area contributed by atoms with Crippen LogP contribution in [0.15, 0.2) is 12.1 Å². The molecule has 0 spiro atoms. The Morgan fingerprint density at radius 3 is 2.53 bits per heavy atom. The van der Waals surface area contributed by atoms with Gasteiger partial charge in [0.25, 0.3) is 0 Å². The van der Waals surface area contributed by atoms with Gasteiger partial charge >= 0.3 is 5.97 Å². The highest BCUT2D eigenvalue weighted by molar-refractivity contribution is 5.89. The maximum Gasteiger partial charge on any atom is 0.337 e. The molecule has 4 nitrogen and oxygen atoms in total. The standard InChI is InChI=1S/C15H22N2O2/c1-4-15(3)7-9-17(10-8-15)13-6-5-12(14(18)19)11(2)16-13/h5-6H,4,7-10H2,1-3H3,(H,18,19). The highest BCUT2D eigenvalue weighted by Crippen LogP contribution is 2.35. The Hall–Kier alpha value is -1.58.